The lowest BCUT2D eigenvalue weighted by atomic mass is 10.5. The number of aryl methyl sites for hydroxylation is 1. The zero-order valence-electron chi connectivity index (χ0n) is 9.10. The van der Waals surface area contributed by atoms with Gasteiger partial charge in [-0.15, -0.1) is 23.1 Å². The van der Waals surface area contributed by atoms with Crippen LogP contribution in [0.1, 0.15) is 9.88 Å². The van der Waals surface area contributed by atoms with E-state index in [4.69, 9.17) is 0 Å². The highest BCUT2D eigenvalue weighted by Gasteiger charge is 2.00. The molecule has 0 aliphatic carbocycles. The summed E-state index contributed by atoms with van der Waals surface area (Å²) in [7, 11) is 0. The first-order chi connectivity index (χ1) is 7.78. The van der Waals surface area contributed by atoms with Crippen LogP contribution in [0, 0.1) is 6.92 Å². The van der Waals surface area contributed by atoms with Gasteiger partial charge in [0.05, 0.1) is 11.6 Å². The molecule has 2 aromatic heterocycles. The lowest BCUT2D eigenvalue weighted by Crippen LogP contribution is -2.00. The van der Waals surface area contributed by atoms with Gasteiger partial charge in [-0.2, -0.15) is 0 Å². The topological polar surface area (TPSA) is 50.7 Å². The van der Waals surface area contributed by atoms with Crippen molar-refractivity contribution in [1.29, 1.82) is 0 Å². The highest BCUT2D eigenvalue weighted by Crippen LogP contribution is 2.16. The molecule has 0 bridgehead atoms. The van der Waals surface area contributed by atoms with Crippen LogP contribution in [-0.4, -0.2) is 21.2 Å². The standard InChI is InChI=1S/C10H12N4S2/c1-7-11-4-8(16-7)5-12-9-3-10(15-2)14-6-13-9/h3-4,6H,5H2,1-2H3,(H,12,13,14). The van der Waals surface area contributed by atoms with Gasteiger partial charge in [0.15, 0.2) is 0 Å². The number of nitrogens with zero attached hydrogens (tertiary/aromatic N) is 3. The molecule has 0 unspecified atom stereocenters. The Labute approximate surface area is 103 Å². The van der Waals surface area contributed by atoms with E-state index in [1.165, 1.54) is 4.88 Å². The molecular formula is C10H12N4S2. The van der Waals surface area contributed by atoms with Crippen molar-refractivity contribution < 1.29 is 0 Å². The van der Waals surface area contributed by atoms with Crippen molar-refractivity contribution in [3.05, 3.63) is 28.5 Å². The van der Waals surface area contributed by atoms with Crippen molar-refractivity contribution in [3.63, 3.8) is 0 Å². The number of rotatable bonds is 4. The predicted octanol–water partition coefficient (Wildman–Crippen LogP) is 2.58. The summed E-state index contributed by atoms with van der Waals surface area (Å²) in [5.41, 5.74) is 0. The fraction of sp³-hybridized carbons (Fsp3) is 0.300. The first kappa shape index (κ1) is 11.3. The zero-order valence-corrected chi connectivity index (χ0v) is 10.7. The van der Waals surface area contributed by atoms with E-state index in [1.807, 2.05) is 25.4 Å². The number of anilines is 1. The molecule has 0 aliphatic rings. The number of hydrogen-bond acceptors (Lipinski definition) is 6. The van der Waals surface area contributed by atoms with Gasteiger partial charge >= 0.3 is 0 Å². The summed E-state index contributed by atoms with van der Waals surface area (Å²) in [4.78, 5) is 13.7. The number of thiazole rings is 1. The second kappa shape index (κ2) is 5.27. The van der Waals surface area contributed by atoms with Gasteiger partial charge in [0.25, 0.3) is 0 Å². The van der Waals surface area contributed by atoms with E-state index in [0.29, 0.717) is 0 Å². The summed E-state index contributed by atoms with van der Waals surface area (Å²) in [6.45, 7) is 2.76. The summed E-state index contributed by atoms with van der Waals surface area (Å²) in [5, 5.41) is 5.31. The van der Waals surface area contributed by atoms with E-state index in [2.05, 4.69) is 20.3 Å². The van der Waals surface area contributed by atoms with Crippen LogP contribution in [-0.2, 0) is 6.54 Å². The first-order valence-corrected chi connectivity index (χ1v) is 6.83. The maximum Gasteiger partial charge on any atom is 0.130 e. The normalized spacial score (nSPS) is 10.4. The minimum absolute atomic E-state index is 0.760. The molecule has 4 nitrogen and oxygen atoms in total. The van der Waals surface area contributed by atoms with Gasteiger partial charge in [-0.05, 0) is 13.2 Å². The Balaban J connectivity index is 1.99. The smallest absolute Gasteiger partial charge is 0.130 e. The third-order valence-electron chi connectivity index (χ3n) is 1.96. The SMILES string of the molecule is CSc1cc(NCc2cnc(C)s2)ncn1. The average molecular weight is 252 g/mol. The number of nitrogens with one attached hydrogen (secondary N) is 1. The van der Waals surface area contributed by atoms with Gasteiger partial charge in [-0.1, -0.05) is 0 Å². The van der Waals surface area contributed by atoms with E-state index in [9.17, 15) is 0 Å². The largest absolute Gasteiger partial charge is 0.365 e. The average Bonchev–Trinajstić information content (AvgIpc) is 2.73. The highest BCUT2D eigenvalue weighted by atomic mass is 32.2. The molecule has 2 aromatic rings. The Hall–Kier alpha value is -1.14. The maximum atomic E-state index is 4.20. The van der Waals surface area contributed by atoms with Crippen LogP contribution in [0.2, 0.25) is 0 Å². The Morgan fingerprint density at radius 2 is 2.25 bits per heavy atom. The molecule has 84 valence electrons. The monoisotopic (exact) mass is 252 g/mol. The molecule has 0 saturated heterocycles. The summed E-state index contributed by atoms with van der Waals surface area (Å²) in [6, 6.07) is 1.94. The summed E-state index contributed by atoms with van der Waals surface area (Å²) in [5.74, 6) is 0.852. The van der Waals surface area contributed by atoms with Gasteiger partial charge in [0.1, 0.15) is 17.2 Å². The van der Waals surface area contributed by atoms with Crippen molar-refractivity contribution in [2.75, 3.05) is 11.6 Å². The number of thioether (sulfide) groups is 1. The molecule has 0 aromatic carbocycles. The van der Waals surface area contributed by atoms with Crippen molar-refractivity contribution in [1.82, 2.24) is 15.0 Å². The minimum Gasteiger partial charge on any atom is -0.365 e. The molecule has 0 fully saturated rings. The summed E-state index contributed by atoms with van der Waals surface area (Å²) >= 11 is 3.30. The van der Waals surface area contributed by atoms with Crippen LogP contribution in [0.15, 0.2) is 23.6 Å². The number of hydrogen-bond donors (Lipinski definition) is 1. The second-order valence-corrected chi connectivity index (χ2v) is 5.29. The highest BCUT2D eigenvalue weighted by molar-refractivity contribution is 7.98. The van der Waals surface area contributed by atoms with Crippen molar-refractivity contribution in [2.24, 2.45) is 0 Å². The quantitative estimate of drug-likeness (QED) is 0.669. The van der Waals surface area contributed by atoms with Crippen molar-refractivity contribution >= 4 is 28.9 Å². The Morgan fingerprint density at radius 3 is 2.94 bits per heavy atom. The molecule has 16 heavy (non-hydrogen) atoms. The molecule has 0 atom stereocenters. The molecule has 1 N–H and O–H groups in total. The molecule has 0 aliphatic heterocycles. The molecule has 6 heteroatoms. The van der Waals surface area contributed by atoms with E-state index < -0.39 is 0 Å². The Morgan fingerprint density at radius 1 is 1.38 bits per heavy atom. The Kier molecular flexibility index (Phi) is 3.74. The fourth-order valence-corrected chi connectivity index (χ4v) is 2.33. The lowest BCUT2D eigenvalue weighted by molar-refractivity contribution is 1.02. The zero-order chi connectivity index (χ0) is 11.4. The second-order valence-electron chi connectivity index (χ2n) is 3.14. The van der Waals surface area contributed by atoms with Gasteiger partial charge in [0, 0.05) is 17.1 Å². The maximum absolute atomic E-state index is 4.20. The Bertz CT molecular complexity index is 469. The first-order valence-electron chi connectivity index (χ1n) is 4.79. The van der Waals surface area contributed by atoms with Crippen LogP contribution < -0.4 is 5.32 Å². The van der Waals surface area contributed by atoms with Crippen LogP contribution in [0.3, 0.4) is 0 Å². The third-order valence-corrected chi connectivity index (χ3v) is 3.52. The van der Waals surface area contributed by atoms with Crippen LogP contribution in [0.25, 0.3) is 0 Å². The molecule has 0 spiro atoms. The van der Waals surface area contributed by atoms with Gasteiger partial charge in [0.2, 0.25) is 0 Å². The summed E-state index contributed by atoms with van der Waals surface area (Å²) in [6.07, 6.45) is 5.47. The van der Waals surface area contributed by atoms with Gasteiger partial charge in [-0.3, -0.25) is 0 Å². The van der Waals surface area contributed by atoms with E-state index in [-0.39, 0.29) is 0 Å². The van der Waals surface area contributed by atoms with E-state index >= 15 is 0 Å². The molecule has 2 heterocycles. The molecule has 0 radical (unpaired) electrons. The lowest BCUT2D eigenvalue weighted by Gasteiger charge is -2.03. The summed E-state index contributed by atoms with van der Waals surface area (Å²) < 4.78 is 0. The third kappa shape index (κ3) is 2.93. The minimum atomic E-state index is 0.760. The van der Waals surface area contributed by atoms with Crippen molar-refractivity contribution in [2.45, 2.75) is 18.5 Å². The number of aromatic nitrogens is 3. The molecule has 0 amide bonds. The van der Waals surface area contributed by atoms with Crippen LogP contribution in [0.5, 0.6) is 0 Å². The predicted molar refractivity (Wildman–Crippen MR) is 68.0 cm³/mol. The van der Waals surface area contributed by atoms with Gasteiger partial charge in [-0.25, -0.2) is 15.0 Å². The molecule has 0 saturated carbocycles. The van der Waals surface area contributed by atoms with Crippen LogP contribution >= 0.6 is 23.1 Å². The molecular weight excluding hydrogens is 240 g/mol. The van der Waals surface area contributed by atoms with Crippen molar-refractivity contribution in [3.8, 4) is 0 Å². The van der Waals surface area contributed by atoms with Gasteiger partial charge < -0.3 is 5.32 Å². The van der Waals surface area contributed by atoms with E-state index in [1.54, 1.807) is 29.4 Å². The van der Waals surface area contributed by atoms with E-state index in [0.717, 1.165) is 22.4 Å². The fourth-order valence-electron chi connectivity index (χ4n) is 1.21. The molecule has 2 rings (SSSR count). The van der Waals surface area contributed by atoms with Crippen LogP contribution in [0.4, 0.5) is 5.82 Å².